The number of non-ortho nitro benzene ring substituents is 1. The molecule has 0 atom stereocenters. The summed E-state index contributed by atoms with van der Waals surface area (Å²) < 4.78 is 0.605. The molecule has 0 N–H and O–H groups in total. The number of halogens is 1. The lowest BCUT2D eigenvalue weighted by atomic mass is 9.92. The fourth-order valence-electron chi connectivity index (χ4n) is 2.79. The lowest BCUT2D eigenvalue weighted by Gasteiger charge is -2.32. The first-order valence-electron chi connectivity index (χ1n) is 7.26. The summed E-state index contributed by atoms with van der Waals surface area (Å²) in [6, 6.07) is 4.31. The van der Waals surface area contributed by atoms with E-state index in [0.29, 0.717) is 16.0 Å². The van der Waals surface area contributed by atoms with Crippen LogP contribution in [0, 0.1) is 16.0 Å². The van der Waals surface area contributed by atoms with Crippen molar-refractivity contribution in [3.63, 3.8) is 0 Å². The number of nitro benzene ring substituents is 1. The van der Waals surface area contributed by atoms with Crippen molar-refractivity contribution in [1.82, 2.24) is 4.90 Å². The second-order valence-corrected chi connectivity index (χ2v) is 6.30. The number of nitrogens with zero attached hydrogens (tertiary/aromatic N) is 2. The van der Waals surface area contributed by atoms with Crippen molar-refractivity contribution in [3.8, 4) is 0 Å². The van der Waals surface area contributed by atoms with Crippen LogP contribution in [0.15, 0.2) is 22.7 Å². The van der Waals surface area contributed by atoms with Gasteiger partial charge in [0.1, 0.15) is 0 Å². The van der Waals surface area contributed by atoms with Crippen LogP contribution >= 0.6 is 15.9 Å². The number of benzene rings is 1. The van der Waals surface area contributed by atoms with Crippen molar-refractivity contribution < 1.29 is 9.72 Å². The third-order valence-electron chi connectivity index (χ3n) is 3.99. The van der Waals surface area contributed by atoms with Gasteiger partial charge in [0.2, 0.25) is 0 Å². The van der Waals surface area contributed by atoms with Gasteiger partial charge in [0.05, 0.1) is 10.5 Å². The average Bonchev–Trinajstić information content (AvgIpc) is 2.48. The molecule has 1 aliphatic heterocycles. The molecule has 2 rings (SSSR count). The van der Waals surface area contributed by atoms with Crippen LogP contribution in [-0.2, 0) is 0 Å². The van der Waals surface area contributed by atoms with Crippen LogP contribution in [0.4, 0.5) is 5.69 Å². The molecule has 1 aromatic carbocycles. The van der Waals surface area contributed by atoms with Gasteiger partial charge in [-0.1, -0.05) is 19.8 Å². The Morgan fingerprint density at radius 1 is 1.43 bits per heavy atom. The Labute approximate surface area is 132 Å². The molecule has 6 heteroatoms. The van der Waals surface area contributed by atoms with Gasteiger partial charge >= 0.3 is 0 Å². The predicted octanol–water partition coefficient (Wildman–Crippen LogP) is 4.01. The molecule has 21 heavy (non-hydrogen) atoms. The summed E-state index contributed by atoms with van der Waals surface area (Å²) in [5.41, 5.74) is 0.320. The average molecular weight is 355 g/mol. The van der Waals surface area contributed by atoms with Gasteiger partial charge in [-0.05, 0) is 40.8 Å². The van der Waals surface area contributed by atoms with Crippen LogP contribution in [0.1, 0.15) is 43.0 Å². The summed E-state index contributed by atoms with van der Waals surface area (Å²) in [6.45, 7) is 3.65. The summed E-state index contributed by atoms with van der Waals surface area (Å²) in [7, 11) is 0. The van der Waals surface area contributed by atoms with E-state index in [9.17, 15) is 14.9 Å². The molecule has 0 aliphatic carbocycles. The topological polar surface area (TPSA) is 63.5 Å². The van der Waals surface area contributed by atoms with E-state index in [1.54, 1.807) is 11.0 Å². The van der Waals surface area contributed by atoms with Gasteiger partial charge in [0, 0.05) is 29.7 Å². The molecule has 0 radical (unpaired) electrons. The zero-order valence-corrected chi connectivity index (χ0v) is 13.6. The predicted molar refractivity (Wildman–Crippen MR) is 84.3 cm³/mol. The van der Waals surface area contributed by atoms with Gasteiger partial charge in [-0.3, -0.25) is 14.9 Å². The van der Waals surface area contributed by atoms with E-state index in [1.165, 1.54) is 25.0 Å². The molecular formula is C15H19BrN2O3. The molecule has 1 amide bonds. The summed E-state index contributed by atoms with van der Waals surface area (Å²) in [5, 5.41) is 10.8. The smallest absolute Gasteiger partial charge is 0.270 e. The van der Waals surface area contributed by atoms with Gasteiger partial charge in [0.25, 0.3) is 11.6 Å². The number of hydrogen-bond acceptors (Lipinski definition) is 3. The van der Waals surface area contributed by atoms with Crippen molar-refractivity contribution >= 4 is 27.5 Å². The Kier molecular flexibility index (Phi) is 5.33. The van der Waals surface area contributed by atoms with Crippen LogP contribution in [0.3, 0.4) is 0 Å². The first-order chi connectivity index (χ1) is 10.0. The van der Waals surface area contributed by atoms with Gasteiger partial charge in [-0.15, -0.1) is 0 Å². The zero-order valence-electron chi connectivity index (χ0n) is 12.0. The van der Waals surface area contributed by atoms with Crippen molar-refractivity contribution in [2.75, 3.05) is 13.1 Å². The highest BCUT2D eigenvalue weighted by molar-refractivity contribution is 9.10. The van der Waals surface area contributed by atoms with E-state index in [1.807, 2.05) is 0 Å². The third-order valence-corrected chi connectivity index (χ3v) is 4.68. The van der Waals surface area contributed by atoms with E-state index < -0.39 is 4.92 Å². The maximum absolute atomic E-state index is 12.5. The van der Waals surface area contributed by atoms with E-state index in [4.69, 9.17) is 0 Å². The van der Waals surface area contributed by atoms with Gasteiger partial charge in [-0.25, -0.2) is 0 Å². The lowest BCUT2D eigenvalue weighted by molar-refractivity contribution is -0.384. The molecule has 0 bridgehead atoms. The summed E-state index contributed by atoms with van der Waals surface area (Å²) in [5.74, 6) is 0.577. The maximum atomic E-state index is 12.5. The number of carbonyl (C=O) groups excluding carboxylic acids is 1. The second-order valence-electron chi connectivity index (χ2n) is 5.45. The number of amides is 1. The fraction of sp³-hybridized carbons (Fsp3) is 0.533. The minimum Gasteiger partial charge on any atom is -0.339 e. The third kappa shape index (κ3) is 3.81. The molecule has 1 fully saturated rings. The standard InChI is InChI=1S/C15H19BrN2O3/c1-2-3-11-6-8-17(9-7-11)15(19)13-10-12(18(20)21)4-5-14(13)16/h4-5,10-11H,2-3,6-9H2,1H3. The van der Waals surface area contributed by atoms with E-state index in [0.717, 1.165) is 25.9 Å². The van der Waals surface area contributed by atoms with Crippen LogP contribution in [0.5, 0.6) is 0 Å². The Bertz CT molecular complexity index is 540. The first-order valence-corrected chi connectivity index (χ1v) is 8.05. The number of carbonyl (C=O) groups is 1. The molecule has 114 valence electrons. The first kappa shape index (κ1) is 15.9. The highest BCUT2D eigenvalue weighted by atomic mass is 79.9. The number of likely N-dealkylation sites (tertiary alicyclic amines) is 1. The normalized spacial score (nSPS) is 16.0. The van der Waals surface area contributed by atoms with E-state index in [-0.39, 0.29) is 11.6 Å². The number of rotatable bonds is 4. The number of nitro groups is 1. The highest BCUT2D eigenvalue weighted by Crippen LogP contribution is 2.27. The van der Waals surface area contributed by atoms with Crippen molar-refractivity contribution in [2.45, 2.75) is 32.6 Å². The number of hydrogen-bond donors (Lipinski definition) is 0. The SMILES string of the molecule is CCCC1CCN(C(=O)c2cc([N+](=O)[O-])ccc2Br)CC1. The molecular weight excluding hydrogens is 336 g/mol. The van der Waals surface area contributed by atoms with Crippen molar-refractivity contribution in [1.29, 1.82) is 0 Å². The molecule has 0 saturated carbocycles. The summed E-state index contributed by atoms with van der Waals surface area (Å²) in [6.07, 6.45) is 4.43. The van der Waals surface area contributed by atoms with Crippen LogP contribution in [0.2, 0.25) is 0 Å². The largest absolute Gasteiger partial charge is 0.339 e. The molecule has 1 aliphatic rings. The summed E-state index contributed by atoms with van der Waals surface area (Å²) >= 11 is 3.31. The van der Waals surface area contributed by atoms with Crippen LogP contribution in [0.25, 0.3) is 0 Å². The van der Waals surface area contributed by atoms with Crippen molar-refractivity contribution in [2.24, 2.45) is 5.92 Å². The highest BCUT2D eigenvalue weighted by Gasteiger charge is 2.25. The van der Waals surface area contributed by atoms with Crippen LogP contribution < -0.4 is 0 Å². The molecule has 1 aromatic rings. The molecule has 0 spiro atoms. The molecule has 1 heterocycles. The minimum atomic E-state index is -0.475. The Balaban J connectivity index is 2.10. The minimum absolute atomic E-state index is 0.0533. The molecule has 0 unspecified atom stereocenters. The Morgan fingerprint density at radius 3 is 2.67 bits per heavy atom. The zero-order chi connectivity index (χ0) is 15.4. The Morgan fingerprint density at radius 2 is 2.10 bits per heavy atom. The summed E-state index contributed by atoms with van der Waals surface area (Å²) in [4.78, 5) is 24.7. The van der Waals surface area contributed by atoms with Gasteiger partial charge < -0.3 is 4.90 Å². The van der Waals surface area contributed by atoms with Gasteiger partial charge in [0.15, 0.2) is 0 Å². The second kappa shape index (κ2) is 7.02. The van der Waals surface area contributed by atoms with Crippen LogP contribution in [-0.4, -0.2) is 28.8 Å². The number of piperidine rings is 1. The molecule has 1 saturated heterocycles. The quantitative estimate of drug-likeness (QED) is 0.606. The fourth-order valence-corrected chi connectivity index (χ4v) is 3.21. The molecule has 0 aromatic heterocycles. The monoisotopic (exact) mass is 354 g/mol. The van der Waals surface area contributed by atoms with Gasteiger partial charge in [-0.2, -0.15) is 0 Å². The van der Waals surface area contributed by atoms with E-state index in [2.05, 4.69) is 22.9 Å². The maximum Gasteiger partial charge on any atom is 0.270 e. The molecule has 5 nitrogen and oxygen atoms in total. The lowest BCUT2D eigenvalue weighted by Crippen LogP contribution is -2.38. The Hall–Kier alpha value is -1.43. The van der Waals surface area contributed by atoms with E-state index >= 15 is 0 Å². The van der Waals surface area contributed by atoms with Crippen molar-refractivity contribution in [3.05, 3.63) is 38.3 Å².